The van der Waals surface area contributed by atoms with Crippen LogP contribution in [0.4, 0.5) is 10.2 Å². The molecule has 1 atom stereocenters. The third kappa shape index (κ3) is 5.50. The Hall–Kier alpha value is -3.27. The Kier molecular flexibility index (Phi) is 6.79. The average Bonchev–Trinajstić information content (AvgIpc) is 2.77. The van der Waals surface area contributed by atoms with Gasteiger partial charge < -0.3 is 10.4 Å². The zero-order valence-electron chi connectivity index (χ0n) is 18.2. The van der Waals surface area contributed by atoms with Gasteiger partial charge in [0.05, 0.1) is 24.0 Å². The number of nitrogens with zero attached hydrogens (tertiary/aromatic N) is 3. The van der Waals surface area contributed by atoms with E-state index in [0.29, 0.717) is 29.4 Å². The molecule has 7 heteroatoms. The first-order chi connectivity index (χ1) is 15.5. The molecule has 0 aromatic carbocycles. The Morgan fingerprint density at radius 3 is 2.72 bits per heavy atom. The number of rotatable bonds is 6. The first kappa shape index (κ1) is 21.9. The van der Waals surface area contributed by atoms with Gasteiger partial charge in [0.2, 0.25) is 11.9 Å². The van der Waals surface area contributed by atoms with Crippen molar-refractivity contribution in [3.63, 3.8) is 0 Å². The highest BCUT2D eigenvalue weighted by Crippen LogP contribution is 2.31. The number of pyridine rings is 1. The molecule has 0 spiro atoms. The molecule has 166 valence electrons. The molecule has 2 heterocycles. The molecule has 32 heavy (non-hydrogen) atoms. The lowest BCUT2D eigenvalue weighted by atomic mass is 9.86. The minimum absolute atomic E-state index is 0.0551. The van der Waals surface area contributed by atoms with E-state index in [2.05, 4.69) is 26.7 Å². The van der Waals surface area contributed by atoms with Crippen LogP contribution in [0.15, 0.2) is 41.7 Å². The minimum atomic E-state index is -0.575. The predicted octanol–water partition coefficient (Wildman–Crippen LogP) is 4.93. The highest BCUT2D eigenvalue weighted by Gasteiger charge is 2.22. The number of carbonyl (C=O) groups excluding carboxylic acids is 1. The first-order valence-electron chi connectivity index (χ1n) is 11.2. The van der Waals surface area contributed by atoms with Crippen molar-refractivity contribution in [2.24, 2.45) is 11.8 Å². The number of aliphatic hydroxyl groups is 1. The Balaban J connectivity index is 1.59. The van der Waals surface area contributed by atoms with E-state index in [-0.39, 0.29) is 24.0 Å². The van der Waals surface area contributed by atoms with Gasteiger partial charge in [-0.05, 0) is 35.6 Å². The molecule has 2 aliphatic carbocycles. The Morgan fingerprint density at radius 2 is 2.00 bits per heavy atom. The lowest BCUT2D eigenvalue weighted by molar-refractivity contribution is -0.115. The number of allylic oxidation sites excluding steroid dienone is 2. The highest BCUT2D eigenvalue weighted by atomic mass is 19.1. The lowest BCUT2D eigenvalue weighted by Crippen LogP contribution is -2.20. The number of hydrogen-bond donors (Lipinski definition) is 2. The van der Waals surface area contributed by atoms with Crippen LogP contribution in [0.3, 0.4) is 0 Å². The molecule has 1 unspecified atom stereocenters. The summed E-state index contributed by atoms with van der Waals surface area (Å²) >= 11 is 0. The molecule has 2 aromatic rings. The maximum atomic E-state index is 13.0. The molecule has 1 fully saturated rings. The van der Waals surface area contributed by atoms with Gasteiger partial charge in [0.1, 0.15) is 5.76 Å². The summed E-state index contributed by atoms with van der Waals surface area (Å²) < 4.78 is 13.0. The van der Waals surface area contributed by atoms with Crippen molar-refractivity contribution in [2.75, 3.05) is 5.32 Å². The van der Waals surface area contributed by atoms with Crippen molar-refractivity contribution in [3.05, 3.63) is 64.6 Å². The third-order valence-corrected chi connectivity index (χ3v) is 6.07. The molecule has 4 rings (SSSR count). The largest absolute Gasteiger partial charge is 0.504 e. The van der Waals surface area contributed by atoms with Gasteiger partial charge in [-0.2, -0.15) is 4.39 Å². The molecule has 2 N–H and O–H groups in total. The third-order valence-electron chi connectivity index (χ3n) is 6.07. The number of hydrogen-bond acceptors (Lipinski definition) is 5. The molecule has 2 aromatic heterocycles. The normalized spacial score (nSPS) is 18.8. The van der Waals surface area contributed by atoms with Crippen LogP contribution in [0.1, 0.15) is 62.4 Å². The van der Waals surface area contributed by atoms with Gasteiger partial charge >= 0.3 is 0 Å². The average molecular weight is 435 g/mol. The van der Waals surface area contributed by atoms with E-state index in [1.54, 1.807) is 12.3 Å². The molecular weight excluding hydrogens is 407 g/mol. The van der Waals surface area contributed by atoms with Crippen LogP contribution >= 0.6 is 0 Å². The fourth-order valence-corrected chi connectivity index (χ4v) is 4.36. The molecular formula is C25H27FN4O2. The molecule has 1 saturated carbocycles. The van der Waals surface area contributed by atoms with Gasteiger partial charge in [0.25, 0.3) is 0 Å². The monoisotopic (exact) mass is 434 g/mol. The number of aliphatic hydroxyl groups excluding tert-OH is 1. The van der Waals surface area contributed by atoms with E-state index >= 15 is 0 Å². The van der Waals surface area contributed by atoms with Crippen LogP contribution in [0.5, 0.6) is 0 Å². The van der Waals surface area contributed by atoms with Crippen molar-refractivity contribution >= 4 is 17.3 Å². The molecule has 0 radical (unpaired) electrons. The van der Waals surface area contributed by atoms with Gasteiger partial charge in [-0.25, -0.2) is 15.0 Å². The number of anilines is 1. The van der Waals surface area contributed by atoms with E-state index in [0.717, 1.165) is 30.5 Å². The lowest BCUT2D eigenvalue weighted by Gasteiger charge is -2.23. The van der Waals surface area contributed by atoms with Crippen LogP contribution in [0.2, 0.25) is 0 Å². The zero-order chi connectivity index (χ0) is 22.5. The molecule has 6 nitrogen and oxygen atoms in total. The number of aromatic nitrogens is 3. The smallest absolute Gasteiger partial charge is 0.230 e. The van der Waals surface area contributed by atoms with Crippen molar-refractivity contribution < 1.29 is 14.3 Å². The predicted molar refractivity (Wildman–Crippen MR) is 119 cm³/mol. The van der Waals surface area contributed by atoms with Crippen LogP contribution in [0, 0.1) is 17.8 Å². The summed E-state index contributed by atoms with van der Waals surface area (Å²) in [7, 11) is 0. The summed E-state index contributed by atoms with van der Waals surface area (Å²) in [5.41, 5.74) is 8.71. The Labute approximate surface area is 187 Å². The number of amides is 1. The Bertz CT molecular complexity index is 1090. The van der Waals surface area contributed by atoms with Crippen LogP contribution in [-0.4, -0.2) is 26.0 Å². The van der Waals surface area contributed by atoms with E-state index in [4.69, 9.17) is 4.98 Å². The fraction of sp³-hybridized carbons (Fsp3) is 0.440. The molecule has 2 aliphatic rings. The van der Waals surface area contributed by atoms with Gasteiger partial charge in [-0.3, -0.25) is 4.79 Å². The van der Waals surface area contributed by atoms with Crippen LogP contribution in [-0.2, 0) is 17.6 Å². The second kappa shape index (κ2) is 9.90. The highest BCUT2D eigenvalue weighted by molar-refractivity contribution is 5.91. The topological polar surface area (TPSA) is 88.0 Å². The summed E-state index contributed by atoms with van der Waals surface area (Å²) in [6.07, 6.45) is 10.3. The van der Waals surface area contributed by atoms with E-state index in [1.807, 2.05) is 6.92 Å². The number of carbonyl (C=O) groups is 1. The summed E-state index contributed by atoms with van der Waals surface area (Å²) in [6, 6.07) is 2.79. The van der Waals surface area contributed by atoms with Crippen molar-refractivity contribution in [3.8, 4) is 0 Å². The summed E-state index contributed by atoms with van der Waals surface area (Å²) in [6.45, 7) is 2.01. The second-order valence-corrected chi connectivity index (χ2v) is 8.69. The molecule has 0 saturated heterocycles. The zero-order valence-corrected chi connectivity index (χ0v) is 18.2. The molecule has 1 amide bonds. The SMILES string of the molecule is CC1CC(O)=C=C=C1c1cnc(NC(=O)Cc2ccc(F)nc2)c(CC2CCCCC2)n1. The quantitative estimate of drug-likeness (QED) is 0.497. The van der Waals surface area contributed by atoms with Crippen molar-refractivity contribution in [1.82, 2.24) is 15.0 Å². The van der Waals surface area contributed by atoms with Gasteiger partial charge in [0, 0.05) is 18.2 Å². The van der Waals surface area contributed by atoms with Gasteiger partial charge in [-0.15, -0.1) is 0 Å². The molecule has 0 bridgehead atoms. The van der Waals surface area contributed by atoms with E-state index < -0.39 is 5.95 Å². The van der Waals surface area contributed by atoms with Crippen molar-refractivity contribution in [2.45, 2.75) is 58.3 Å². The first-order valence-corrected chi connectivity index (χ1v) is 11.2. The van der Waals surface area contributed by atoms with Crippen LogP contribution < -0.4 is 5.32 Å². The maximum absolute atomic E-state index is 13.0. The fourth-order valence-electron chi connectivity index (χ4n) is 4.36. The van der Waals surface area contributed by atoms with Crippen molar-refractivity contribution in [1.29, 1.82) is 0 Å². The van der Waals surface area contributed by atoms with Crippen LogP contribution in [0.25, 0.3) is 5.57 Å². The standard InChI is InChI=1S/C25H27FN4O2/c1-16-11-19(31)8-9-20(16)22-15-28-25(21(29-22)12-17-5-3-2-4-6-17)30-24(32)13-18-7-10-23(26)27-14-18/h7,10,14-17,31H,2-6,11-13H2,1H3,(H,28,30,32). The summed E-state index contributed by atoms with van der Waals surface area (Å²) in [5.74, 6) is 0.404. The Morgan fingerprint density at radius 1 is 1.19 bits per heavy atom. The van der Waals surface area contributed by atoms with E-state index in [9.17, 15) is 14.3 Å². The maximum Gasteiger partial charge on any atom is 0.230 e. The summed E-state index contributed by atoms with van der Waals surface area (Å²) in [5, 5.41) is 12.6. The van der Waals surface area contributed by atoms with Gasteiger partial charge in [-0.1, -0.05) is 50.8 Å². The minimum Gasteiger partial charge on any atom is -0.504 e. The molecule has 0 aliphatic heterocycles. The second-order valence-electron chi connectivity index (χ2n) is 8.69. The number of nitrogens with one attached hydrogen (secondary N) is 1. The van der Waals surface area contributed by atoms with E-state index in [1.165, 1.54) is 31.5 Å². The summed E-state index contributed by atoms with van der Waals surface area (Å²) in [4.78, 5) is 25.6. The van der Waals surface area contributed by atoms with Gasteiger partial charge in [0.15, 0.2) is 5.82 Å². The number of halogens is 1.